The first-order valence-corrected chi connectivity index (χ1v) is 6.52. The molecule has 2 unspecified atom stereocenters. The number of rotatable bonds is 4. The van der Waals surface area contributed by atoms with Gasteiger partial charge in [0.1, 0.15) is 0 Å². The summed E-state index contributed by atoms with van der Waals surface area (Å²) in [6.45, 7) is 0. The van der Waals surface area contributed by atoms with E-state index in [0.29, 0.717) is 6.04 Å². The molecule has 0 radical (unpaired) electrons. The molecule has 1 aromatic rings. The second-order valence-electron chi connectivity index (χ2n) is 4.91. The minimum absolute atomic E-state index is 0.569. The third-order valence-electron chi connectivity index (χ3n) is 3.92. The summed E-state index contributed by atoms with van der Waals surface area (Å²) in [6, 6.07) is 9.40. The van der Waals surface area contributed by atoms with Crippen molar-refractivity contribution in [2.24, 2.45) is 5.92 Å². The van der Waals surface area contributed by atoms with Gasteiger partial charge >= 0.3 is 0 Å². The SMILES string of the molecule is C#CCCC(NC)C1CCc2ccccc2C1. The summed E-state index contributed by atoms with van der Waals surface area (Å²) in [5, 5.41) is 3.44. The molecule has 1 aliphatic rings. The van der Waals surface area contributed by atoms with E-state index in [1.54, 1.807) is 0 Å². The number of nitrogens with one attached hydrogen (secondary N) is 1. The Morgan fingerprint density at radius 1 is 1.41 bits per heavy atom. The predicted octanol–water partition coefficient (Wildman–Crippen LogP) is 2.79. The van der Waals surface area contributed by atoms with Crippen LogP contribution in [-0.4, -0.2) is 13.1 Å². The molecule has 1 aromatic carbocycles. The highest BCUT2D eigenvalue weighted by Gasteiger charge is 2.24. The Hall–Kier alpha value is -1.26. The molecule has 2 atom stereocenters. The fourth-order valence-corrected chi connectivity index (χ4v) is 2.92. The van der Waals surface area contributed by atoms with Gasteiger partial charge in [-0.05, 0) is 49.8 Å². The highest BCUT2D eigenvalue weighted by Crippen LogP contribution is 2.28. The maximum atomic E-state index is 5.36. The number of benzene rings is 1. The molecule has 1 N–H and O–H groups in total. The third-order valence-corrected chi connectivity index (χ3v) is 3.92. The zero-order chi connectivity index (χ0) is 12.1. The zero-order valence-electron chi connectivity index (χ0n) is 10.6. The standard InChI is InChI=1S/C16H21N/c1-3-4-9-16(17-2)15-11-10-13-7-5-6-8-14(13)12-15/h1,5-8,15-17H,4,9-12H2,2H3. The summed E-state index contributed by atoms with van der Waals surface area (Å²) in [4.78, 5) is 0. The van der Waals surface area contributed by atoms with E-state index >= 15 is 0 Å². The van der Waals surface area contributed by atoms with Crippen LogP contribution >= 0.6 is 0 Å². The van der Waals surface area contributed by atoms with Crippen molar-refractivity contribution in [1.82, 2.24) is 5.32 Å². The fourth-order valence-electron chi connectivity index (χ4n) is 2.92. The van der Waals surface area contributed by atoms with Crippen molar-refractivity contribution in [2.75, 3.05) is 7.05 Å². The van der Waals surface area contributed by atoms with E-state index in [0.717, 1.165) is 18.8 Å². The van der Waals surface area contributed by atoms with Crippen LogP contribution in [0.5, 0.6) is 0 Å². The zero-order valence-corrected chi connectivity index (χ0v) is 10.6. The van der Waals surface area contributed by atoms with Crippen molar-refractivity contribution < 1.29 is 0 Å². The largest absolute Gasteiger partial charge is 0.317 e. The predicted molar refractivity (Wildman–Crippen MR) is 72.9 cm³/mol. The summed E-state index contributed by atoms with van der Waals surface area (Å²) in [5.41, 5.74) is 3.07. The van der Waals surface area contributed by atoms with Crippen molar-refractivity contribution in [3.8, 4) is 12.3 Å². The topological polar surface area (TPSA) is 12.0 Å². The average molecular weight is 227 g/mol. The van der Waals surface area contributed by atoms with Crippen molar-refractivity contribution in [2.45, 2.75) is 38.1 Å². The summed E-state index contributed by atoms with van der Waals surface area (Å²) < 4.78 is 0. The molecule has 0 aromatic heterocycles. The molecule has 1 heteroatoms. The van der Waals surface area contributed by atoms with Crippen LogP contribution in [0.25, 0.3) is 0 Å². The second-order valence-corrected chi connectivity index (χ2v) is 4.91. The Morgan fingerprint density at radius 3 is 2.88 bits per heavy atom. The Balaban J connectivity index is 2.03. The van der Waals surface area contributed by atoms with Gasteiger partial charge in [0, 0.05) is 12.5 Å². The third kappa shape index (κ3) is 2.90. The maximum Gasteiger partial charge on any atom is 0.0105 e. The first kappa shape index (κ1) is 12.2. The van der Waals surface area contributed by atoms with E-state index in [1.165, 1.54) is 30.4 Å². The molecule has 2 rings (SSSR count). The molecular formula is C16H21N. The van der Waals surface area contributed by atoms with Gasteiger partial charge in [-0.25, -0.2) is 0 Å². The second kappa shape index (κ2) is 5.89. The lowest BCUT2D eigenvalue weighted by atomic mass is 9.79. The van der Waals surface area contributed by atoms with Crippen molar-refractivity contribution in [3.63, 3.8) is 0 Å². The van der Waals surface area contributed by atoms with Crippen LogP contribution in [0.2, 0.25) is 0 Å². The molecule has 0 amide bonds. The average Bonchev–Trinajstić information content (AvgIpc) is 2.39. The van der Waals surface area contributed by atoms with E-state index in [1.807, 2.05) is 0 Å². The number of hydrogen-bond acceptors (Lipinski definition) is 1. The van der Waals surface area contributed by atoms with Crippen LogP contribution in [0.15, 0.2) is 24.3 Å². The van der Waals surface area contributed by atoms with Crippen LogP contribution in [0.1, 0.15) is 30.4 Å². The van der Waals surface area contributed by atoms with Gasteiger partial charge < -0.3 is 5.32 Å². The van der Waals surface area contributed by atoms with Gasteiger partial charge in [0.2, 0.25) is 0 Å². The first-order valence-electron chi connectivity index (χ1n) is 6.52. The van der Waals surface area contributed by atoms with Gasteiger partial charge in [0.15, 0.2) is 0 Å². The smallest absolute Gasteiger partial charge is 0.0105 e. The van der Waals surface area contributed by atoms with Crippen molar-refractivity contribution in [3.05, 3.63) is 35.4 Å². The molecule has 0 fully saturated rings. The molecule has 0 bridgehead atoms. The van der Waals surface area contributed by atoms with Gasteiger partial charge in [-0.2, -0.15) is 0 Å². The van der Waals surface area contributed by atoms with E-state index < -0.39 is 0 Å². The van der Waals surface area contributed by atoms with E-state index in [9.17, 15) is 0 Å². The normalized spacial score (nSPS) is 20.4. The Kier molecular flexibility index (Phi) is 4.23. The van der Waals surface area contributed by atoms with E-state index in [2.05, 4.69) is 42.6 Å². The Morgan fingerprint density at radius 2 is 2.18 bits per heavy atom. The molecular weight excluding hydrogens is 206 g/mol. The van der Waals surface area contributed by atoms with Crippen LogP contribution in [0.4, 0.5) is 0 Å². The molecule has 0 saturated carbocycles. The molecule has 17 heavy (non-hydrogen) atoms. The van der Waals surface area contributed by atoms with Gasteiger partial charge in [-0.3, -0.25) is 0 Å². The Labute approximate surface area is 105 Å². The fraction of sp³-hybridized carbons (Fsp3) is 0.500. The Bertz CT molecular complexity index is 402. The summed E-state index contributed by atoms with van der Waals surface area (Å²) >= 11 is 0. The lowest BCUT2D eigenvalue weighted by Crippen LogP contribution is -2.36. The molecule has 0 spiro atoms. The molecule has 1 aliphatic carbocycles. The van der Waals surface area contributed by atoms with Gasteiger partial charge in [-0.1, -0.05) is 24.3 Å². The molecule has 0 saturated heterocycles. The number of terminal acetylenes is 1. The highest BCUT2D eigenvalue weighted by atomic mass is 14.9. The number of hydrogen-bond donors (Lipinski definition) is 1. The van der Waals surface area contributed by atoms with Crippen molar-refractivity contribution >= 4 is 0 Å². The quantitative estimate of drug-likeness (QED) is 0.780. The van der Waals surface area contributed by atoms with Crippen molar-refractivity contribution in [1.29, 1.82) is 0 Å². The number of fused-ring (bicyclic) bond motifs is 1. The minimum atomic E-state index is 0.569. The lowest BCUT2D eigenvalue weighted by molar-refractivity contribution is 0.322. The molecule has 1 nitrogen and oxygen atoms in total. The summed E-state index contributed by atoms with van der Waals surface area (Å²) in [7, 11) is 2.06. The lowest BCUT2D eigenvalue weighted by Gasteiger charge is -2.31. The number of aryl methyl sites for hydroxylation is 1. The van der Waals surface area contributed by atoms with Crippen LogP contribution < -0.4 is 5.32 Å². The monoisotopic (exact) mass is 227 g/mol. The maximum absolute atomic E-state index is 5.36. The minimum Gasteiger partial charge on any atom is -0.317 e. The van der Waals surface area contributed by atoms with Gasteiger partial charge in [-0.15, -0.1) is 12.3 Å². The summed E-state index contributed by atoms with van der Waals surface area (Å²) in [6.07, 6.45) is 11.0. The summed E-state index contributed by atoms with van der Waals surface area (Å²) in [5.74, 6) is 3.49. The molecule has 90 valence electrons. The molecule has 0 heterocycles. The first-order chi connectivity index (χ1) is 8.35. The van der Waals surface area contributed by atoms with Crippen LogP contribution in [-0.2, 0) is 12.8 Å². The van der Waals surface area contributed by atoms with Gasteiger partial charge in [0.05, 0.1) is 0 Å². The van der Waals surface area contributed by atoms with Crippen LogP contribution in [0, 0.1) is 18.3 Å². The van der Waals surface area contributed by atoms with E-state index in [4.69, 9.17) is 6.42 Å². The van der Waals surface area contributed by atoms with Gasteiger partial charge in [0.25, 0.3) is 0 Å². The van der Waals surface area contributed by atoms with E-state index in [-0.39, 0.29) is 0 Å². The highest BCUT2D eigenvalue weighted by molar-refractivity contribution is 5.30. The van der Waals surface area contributed by atoms with Crippen LogP contribution in [0.3, 0.4) is 0 Å². The molecule has 0 aliphatic heterocycles.